The minimum Gasteiger partial charge on any atom is -0.394 e. The highest BCUT2D eigenvalue weighted by Gasteiger charge is 2.27. The van der Waals surface area contributed by atoms with Crippen molar-refractivity contribution in [2.45, 2.75) is 39.8 Å². The molecular formula is C13H25N5. The van der Waals surface area contributed by atoms with Crippen molar-refractivity contribution in [3.8, 4) is 0 Å². The number of nitrogens with zero attached hydrogens (tertiary/aromatic N) is 4. The van der Waals surface area contributed by atoms with Gasteiger partial charge in [-0.1, -0.05) is 6.92 Å². The van der Waals surface area contributed by atoms with E-state index in [1.165, 1.54) is 0 Å². The minimum atomic E-state index is 0.484. The van der Waals surface area contributed by atoms with Crippen molar-refractivity contribution in [2.24, 2.45) is 0 Å². The maximum absolute atomic E-state index is 6.22. The summed E-state index contributed by atoms with van der Waals surface area (Å²) in [5, 5.41) is 4.56. The molecule has 1 aliphatic rings. The number of nitrogens with two attached hydrogens (primary N) is 1. The van der Waals surface area contributed by atoms with Gasteiger partial charge in [0, 0.05) is 32.2 Å². The fraction of sp³-hybridized carbons (Fsp3) is 0.769. The molecule has 2 N–H and O–H groups in total. The molecule has 5 heteroatoms. The van der Waals surface area contributed by atoms with Gasteiger partial charge in [0.1, 0.15) is 0 Å². The molecule has 0 spiro atoms. The molecule has 1 unspecified atom stereocenters. The van der Waals surface area contributed by atoms with Crippen molar-refractivity contribution < 1.29 is 0 Å². The van der Waals surface area contributed by atoms with Crippen LogP contribution in [0, 0.1) is 6.92 Å². The van der Waals surface area contributed by atoms with Crippen molar-refractivity contribution in [2.75, 3.05) is 37.3 Å². The Balaban J connectivity index is 2.31. The lowest BCUT2D eigenvalue weighted by molar-refractivity contribution is 0.273. The van der Waals surface area contributed by atoms with E-state index >= 15 is 0 Å². The molecule has 18 heavy (non-hydrogen) atoms. The third-order valence-electron chi connectivity index (χ3n) is 3.68. The van der Waals surface area contributed by atoms with Crippen molar-refractivity contribution in [3.05, 3.63) is 5.69 Å². The molecular weight excluding hydrogens is 226 g/mol. The van der Waals surface area contributed by atoms with E-state index in [4.69, 9.17) is 5.73 Å². The number of aromatic nitrogens is 2. The lowest BCUT2D eigenvalue weighted by Crippen LogP contribution is -2.51. The summed E-state index contributed by atoms with van der Waals surface area (Å²) in [5.74, 6) is 1.12. The van der Waals surface area contributed by atoms with E-state index in [1.54, 1.807) is 0 Å². The first-order valence-electron chi connectivity index (χ1n) is 6.82. The summed E-state index contributed by atoms with van der Waals surface area (Å²) in [6.07, 6.45) is 1.08. The Bertz CT molecular complexity index is 412. The largest absolute Gasteiger partial charge is 0.394 e. The van der Waals surface area contributed by atoms with Crippen LogP contribution in [0.25, 0.3) is 0 Å². The van der Waals surface area contributed by atoms with Crippen LogP contribution in [0.4, 0.5) is 11.5 Å². The molecule has 0 aromatic carbocycles. The van der Waals surface area contributed by atoms with Gasteiger partial charge in [0.2, 0.25) is 0 Å². The quantitative estimate of drug-likeness (QED) is 0.880. The van der Waals surface area contributed by atoms with Crippen LogP contribution < -0.4 is 10.6 Å². The van der Waals surface area contributed by atoms with Crippen molar-refractivity contribution in [1.82, 2.24) is 14.7 Å². The molecule has 1 fully saturated rings. The average Bonchev–Trinajstić information content (AvgIpc) is 2.57. The number of aryl methyl sites for hydroxylation is 2. The zero-order valence-electron chi connectivity index (χ0n) is 12.0. The SMILES string of the molecule is CCCn1nc(C)c(N)c1N1CCN(C)CC1C. The van der Waals surface area contributed by atoms with Gasteiger partial charge < -0.3 is 15.5 Å². The fourth-order valence-corrected chi connectivity index (χ4v) is 2.71. The normalized spacial score (nSPS) is 21.6. The molecule has 2 rings (SSSR count). The second-order valence-electron chi connectivity index (χ2n) is 5.35. The number of rotatable bonds is 3. The summed E-state index contributed by atoms with van der Waals surface area (Å²) in [7, 11) is 2.17. The van der Waals surface area contributed by atoms with Gasteiger partial charge in [-0.3, -0.25) is 0 Å². The molecule has 1 aromatic heterocycles. The molecule has 0 radical (unpaired) electrons. The van der Waals surface area contributed by atoms with Gasteiger partial charge in [-0.2, -0.15) is 5.10 Å². The summed E-state index contributed by atoms with van der Waals surface area (Å²) in [6, 6.07) is 0.484. The Morgan fingerprint density at radius 3 is 2.72 bits per heavy atom. The molecule has 2 heterocycles. The Morgan fingerprint density at radius 2 is 2.11 bits per heavy atom. The number of hydrogen-bond acceptors (Lipinski definition) is 4. The zero-order valence-corrected chi connectivity index (χ0v) is 12.0. The molecule has 0 bridgehead atoms. The van der Waals surface area contributed by atoms with Crippen LogP contribution in [-0.2, 0) is 6.54 Å². The van der Waals surface area contributed by atoms with Gasteiger partial charge in [0.15, 0.2) is 5.82 Å². The van der Waals surface area contributed by atoms with E-state index in [1.807, 2.05) is 6.92 Å². The fourth-order valence-electron chi connectivity index (χ4n) is 2.71. The van der Waals surface area contributed by atoms with Crippen LogP contribution in [0.2, 0.25) is 0 Å². The molecule has 0 amide bonds. The standard InChI is InChI=1S/C13H25N5/c1-5-6-18-13(12(14)11(3)15-18)17-8-7-16(4)9-10(17)2/h10H,5-9,14H2,1-4H3. The topological polar surface area (TPSA) is 50.3 Å². The lowest BCUT2D eigenvalue weighted by atomic mass is 10.2. The first-order chi connectivity index (χ1) is 8.54. The molecule has 1 aromatic rings. The molecule has 1 aliphatic heterocycles. The predicted molar refractivity (Wildman–Crippen MR) is 76.0 cm³/mol. The highest BCUT2D eigenvalue weighted by atomic mass is 15.4. The monoisotopic (exact) mass is 251 g/mol. The Kier molecular flexibility index (Phi) is 3.80. The van der Waals surface area contributed by atoms with E-state index in [0.717, 1.165) is 49.8 Å². The van der Waals surface area contributed by atoms with Crippen LogP contribution >= 0.6 is 0 Å². The van der Waals surface area contributed by atoms with Crippen LogP contribution in [-0.4, -0.2) is 47.4 Å². The molecule has 0 saturated carbocycles. The maximum Gasteiger partial charge on any atom is 0.150 e. The zero-order chi connectivity index (χ0) is 13.3. The number of nitrogen functional groups attached to an aromatic ring is 1. The second-order valence-corrected chi connectivity index (χ2v) is 5.35. The van der Waals surface area contributed by atoms with Gasteiger partial charge in [0.25, 0.3) is 0 Å². The third kappa shape index (κ3) is 2.32. The van der Waals surface area contributed by atoms with Crippen LogP contribution in [0.5, 0.6) is 0 Å². The molecule has 1 saturated heterocycles. The van der Waals surface area contributed by atoms with Gasteiger partial charge in [0.05, 0.1) is 11.4 Å². The number of piperazine rings is 1. The van der Waals surface area contributed by atoms with Crippen molar-refractivity contribution >= 4 is 11.5 Å². The predicted octanol–water partition coefficient (Wildman–Crippen LogP) is 1.32. The lowest BCUT2D eigenvalue weighted by Gasteiger charge is -2.39. The van der Waals surface area contributed by atoms with Crippen LogP contribution in [0.3, 0.4) is 0 Å². The van der Waals surface area contributed by atoms with Gasteiger partial charge in [-0.15, -0.1) is 0 Å². The first kappa shape index (κ1) is 13.2. The molecule has 1 atom stereocenters. The Labute approximate surface area is 110 Å². The highest BCUT2D eigenvalue weighted by Crippen LogP contribution is 2.29. The summed E-state index contributed by atoms with van der Waals surface area (Å²) >= 11 is 0. The summed E-state index contributed by atoms with van der Waals surface area (Å²) < 4.78 is 2.08. The molecule has 102 valence electrons. The molecule has 5 nitrogen and oxygen atoms in total. The van der Waals surface area contributed by atoms with Gasteiger partial charge >= 0.3 is 0 Å². The maximum atomic E-state index is 6.22. The summed E-state index contributed by atoms with van der Waals surface area (Å²) in [5.41, 5.74) is 8.02. The van der Waals surface area contributed by atoms with E-state index in [9.17, 15) is 0 Å². The first-order valence-corrected chi connectivity index (χ1v) is 6.82. The average molecular weight is 251 g/mol. The van der Waals surface area contributed by atoms with Gasteiger partial charge in [-0.25, -0.2) is 4.68 Å². The van der Waals surface area contributed by atoms with E-state index in [-0.39, 0.29) is 0 Å². The van der Waals surface area contributed by atoms with E-state index in [2.05, 4.69) is 40.5 Å². The number of anilines is 2. The third-order valence-corrected chi connectivity index (χ3v) is 3.68. The van der Waals surface area contributed by atoms with Crippen LogP contribution in [0.1, 0.15) is 26.0 Å². The number of likely N-dealkylation sites (N-methyl/N-ethyl adjacent to an activating group) is 1. The number of hydrogen-bond donors (Lipinski definition) is 1. The summed E-state index contributed by atoms with van der Waals surface area (Å²) in [4.78, 5) is 4.77. The highest BCUT2D eigenvalue weighted by molar-refractivity contribution is 5.66. The van der Waals surface area contributed by atoms with E-state index < -0.39 is 0 Å². The summed E-state index contributed by atoms with van der Waals surface area (Å²) in [6.45, 7) is 10.5. The van der Waals surface area contributed by atoms with Crippen molar-refractivity contribution in [1.29, 1.82) is 0 Å². The van der Waals surface area contributed by atoms with Crippen LogP contribution in [0.15, 0.2) is 0 Å². The van der Waals surface area contributed by atoms with Gasteiger partial charge in [-0.05, 0) is 27.3 Å². The Hall–Kier alpha value is -1.23. The second kappa shape index (κ2) is 5.18. The van der Waals surface area contributed by atoms with Crippen molar-refractivity contribution in [3.63, 3.8) is 0 Å². The molecule has 0 aliphatic carbocycles. The smallest absolute Gasteiger partial charge is 0.150 e. The van der Waals surface area contributed by atoms with E-state index in [0.29, 0.717) is 6.04 Å². The minimum absolute atomic E-state index is 0.484. The Morgan fingerprint density at radius 1 is 1.39 bits per heavy atom.